The van der Waals surface area contributed by atoms with E-state index in [9.17, 15) is 13.0 Å². The minimum Gasteiger partial charge on any atom is -0.494 e. The van der Waals surface area contributed by atoms with Crippen LogP contribution in [0, 0.1) is 0 Å². The van der Waals surface area contributed by atoms with Crippen LogP contribution in [0.25, 0.3) is 10.8 Å². The van der Waals surface area contributed by atoms with Crippen LogP contribution in [-0.2, 0) is 38.3 Å². The average molecular weight is 495 g/mol. The van der Waals surface area contributed by atoms with Crippen molar-refractivity contribution < 1.29 is 27.2 Å². The van der Waals surface area contributed by atoms with Crippen molar-refractivity contribution >= 4 is 20.9 Å². The van der Waals surface area contributed by atoms with E-state index in [0.29, 0.717) is 18.7 Å². The number of fused-ring (bicyclic) bond motifs is 1. The molecule has 1 saturated heterocycles. The van der Waals surface area contributed by atoms with Gasteiger partial charge in [-0.2, -0.15) is 8.42 Å². The molecule has 0 spiro atoms. The summed E-state index contributed by atoms with van der Waals surface area (Å²) in [5, 5.41) is 1.63. The van der Waals surface area contributed by atoms with Crippen molar-refractivity contribution in [2.75, 3.05) is 13.2 Å². The van der Waals surface area contributed by atoms with E-state index in [0.717, 1.165) is 22.1 Å². The van der Waals surface area contributed by atoms with E-state index in [1.165, 1.54) is 6.07 Å². The molecule has 0 aliphatic carbocycles. The molecular weight excluding hydrogens is 468 g/mol. The predicted octanol–water partition coefficient (Wildman–Crippen LogP) is 4.19. The Kier molecular flexibility index (Phi) is 6.33. The van der Waals surface area contributed by atoms with Gasteiger partial charge < -0.3 is 18.8 Å². The van der Waals surface area contributed by atoms with Crippen LogP contribution < -0.4 is 4.74 Å². The largest absolute Gasteiger partial charge is 0.494 e. The van der Waals surface area contributed by atoms with Gasteiger partial charge in [0.05, 0.1) is 37.1 Å². The summed E-state index contributed by atoms with van der Waals surface area (Å²) in [5.74, 6) is -0.351. The zero-order chi connectivity index (χ0) is 24.5. The van der Waals surface area contributed by atoms with Gasteiger partial charge in [0.25, 0.3) is 10.1 Å². The second-order valence-corrected chi connectivity index (χ2v) is 9.83. The van der Waals surface area contributed by atoms with Gasteiger partial charge in [0.1, 0.15) is 5.75 Å². The van der Waals surface area contributed by atoms with Crippen molar-refractivity contribution in [1.29, 1.82) is 0 Å². The van der Waals surface area contributed by atoms with Gasteiger partial charge in [0.15, 0.2) is 0 Å². The van der Waals surface area contributed by atoms with Crippen LogP contribution in [0.4, 0.5) is 0 Å². The molecule has 0 saturated carbocycles. The van der Waals surface area contributed by atoms with Crippen LogP contribution in [0.1, 0.15) is 18.1 Å². The maximum absolute atomic E-state index is 12.2. The molecule has 0 amide bonds. The molecule has 182 valence electrons. The highest BCUT2D eigenvalue weighted by Crippen LogP contribution is 2.39. The standard InChI is InChI=1S/C26H26N2O6S/c1-2-32-21-10-8-20(9-11-21)26(17-28-14-13-27-18-28)33-16-22(34-26)15-24-23-6-4-3-5-19(23)7-12-25(24)35(29,30)31/h3-14,18,22H,2,15-17H2,1H3,(H,29,30,31)/t22-,26-/m1/s1. The van der Waals surface area contributed by atoms with Gasteiger partial charge in [-0.25, -0.2) is 4.98 Å². The molecule has 9 heteroatoms. The van der Waals surface area contributed by atoms with Crippen molar-refractivity contribution in [3.63, 3.8) is 0 Å². The SMILES string of the molecule is CCOc1ccc([C@]2(Cn3ccnc3)OC[C@@H](Cc3c(S(=O)(=O)O)ccc4ccccc34)O2)cc1. The molecule has 1 N–H and O–H groups in total. The molecule has 1 aliphatic heterocycles. The normalized spacial score (nSPS) is 20.3. The summed E-state index contributed by atoms with van der Waals surface area (Å²) in [5.41, 5.74) is 1.31. The van der Waals surface area contributed by atoms with Gasteiger partial charge in [-0.3, -0.25) is 4.55 Å². The number of rotatable bonds is 8. The lowest BCUT2D eigenvalue weighted by Gasteiger charge is -2.29. The first-order chi connectivity index (χ1) is 16.9. The fourth-order valence-corrected chi connectivity index (χ4v) is 5.32. The van der Waals surface area contributed by atoms with E-state index in [2.05, 4.69) is 4.98 Å². The lowest BCUT2D eigenvalue weighted by atomic mass is 10.00. The molecule has 3 aromatic carbocycles. The third-order valence-electron chi connectivity index (χ3n) is 6.12. The number of aromatic nitrogens is 2. The summed E-state index contributed by atoms with van der Waals surface area (Å²) in [6.07, 6.45) is 5.01. The molecule has 4 aromatic rings. The lowest BCUT2D eigenvalue weighted by Crippen LogP contribution is -2.33. The van der Waals surface area contributed by atoms with Crippen LogP contribution in [0.15, 0.2) is 84.3 Å². The molecule has 0 bridgehead atoms. The van der Waals surface area contributed by atoms with Crippen molar-refractivity contribution in [1.82, 2.24) is 9.55 Å². The van der Waals surface area contributed by atoms with E-state index in [-0.39, 0.29) is 17.9 Å². The summed E-state index contributed by atoms with van der Waals surface area (Å²) in [6, 6.07) is 18.2. The Morgan fingerprint density at radius 2 is 1.94 bits per heavy atom. The highest BCUT2D eigenvalue weighted by molar-refractivity contribution is 7.85. The van der Waals surface area contributed by atoms with E-state index < -0.39 is 22.0 Å². The van der Waals surface area contributed by atoms with E-state index in [1.54, 1.807) is 18.6 Å². The van der Waals surface area contributed by atoms with Crippen molar-refractivity contribution in [2.45, 2.75) is 36.7 Å². The van der Waals surface area contributed by atoms with Crippen molar-refractivity contribution in [3.8, 4) is 5.75 Å². The smallest absolute Gasteiger partial charge is 0.294 e. The van der Waals surface area contributed by atoms with Gasteiger partial charge in [0, 0.05) is 24.4 Å². The van der Waals surface area contributed by atoms with Gasteiger partial charge >= 0.3 is 0 Å². The first-order valence-electron chi connectivity index (χ1n) is 11.4. The zero-order valence-electron chi connectivity index (χ0n) is 19.2. The Hall–Kier alpha value is -3.24. The number of hydrogen-bond donors (Lipinski definition) is 1. The summed E-state index contributed by atoms with van der Waals surface area (Å²) in [6.45, 7) is 3.10. The Morgan fingerprint density at radius 3 is 2.66 bits per heavy atom. The molecule has 1 fully saturated rings. The molecule has 2 heterocycles. The zero-order valence-corrected chi connectivity index (χ0v) is 20.0. The second kappa shape index (κ2) is 9.43. The van der Waals surface area contributed by atoms with Crippen LogP contribution >= 0.6 is 0 Å². The summed E-state index contributed by atoms with van der Waals surface area (Å²) in [7, 11) is -4.42. The number of nitrogens with zero attached hydrogens (tertiary/aromatic N) is 2. The van der Waals surface area contributed by atoms with E-state index in [1.807, 2.05) is 66.2 Å². The maximum Gasteiger partial charge on any atom is 0.294 e. The molecular formula is C26H26N2O6S. The molecule has 5 rings (SSSR count). The predicted molar refractivity (Wildman–Crippen MR) is 130 cm³/mol. The first-order valence-corrected chi connectivity index (χ1v) is 12.8. The highest BCUT2D eigenvalue weighted by atomic mass is 32.2. The number of imidazole rings is 1. The Morgan fingerprint density at radius 1 is 1.14 bits per heavy atom. The van der Waals surface area contributed by atoms with Crippen molar-refractivity contribution in [2.24, 2.45) is 0 Å². The number of hydrogen-bond acceptors (Lipinski definition) is 6. The van der Waals surface area contributed by atoms with Gasteiger partial charge in [-0.15, -0.1) is 0 Å². The van der Waals surface area contributed by atoms with Crippen LogP contribution in [0.5, 0.6) is 5.75 Å². The minimum atomic E-state index is -4.42. The molecule has 2 atom stereocenters. The van der Waals surface area contributed by atoms with E-state index >= 15 is 0 Å². The van der Waals surface area contributed by atoms with Gasteiger partial charge in [-0.1, -0.05) is 30.3 Å². The first kappa shape index (κ1) is 23.5. The monoisotopic (exact) mass is 494 g/mol. The Bertz CT molecular complexity index is 1420. The van der Waals surface area contributed by atoms with Gasteiger partial charge in [-0.05, 0) is 53.6 Å². The summed E-state index contributed by atoms with van der Waals surface area (Å²) in [4.78, 5) is 4.01. The minimum absolute atomic E-state index is 0.118. The second-order valence-electron chi connectivity index (χ2n) is 8.44. The van der Waals surface area contributed by atoms with Crippen LogP contribution in [0.2, 0.25) is 0 Å². The Balaban J connectivity index is 1.50. The lowest BCUT2D eigenvalue weighted by molar-refractivity contribution is -0.186. The van der Waals surface area contributed by atoms with Crippen LogP contribution in [0.3, 0.4) is 0 Å². The molecule has 1 aromatic heterocycles. The topological polar surface area (TPSA) is 99.9 Å². The molecule has 0 unspecified atom stereocenters. The molecule has 0 radical (unpaired) electrons. The molecule has 8 nitrogen and oxygen atoms in total. The highest BCUT2D eigenvalue weighted by Gasteiger charge is 2.44. The number of ether oxygens (including phenoxy) is 3. The average Bonchev–Trinajstić information content (AvgIpc) is 3.50. The number of benzene rings is 3. The van der Waals surface area contributed by atoms with Crippen LogP contribution in [-0.4, -0.2) is 41.8 Å². The fourth-order valence-electron chi connectivity index (χ4n) is 4.58. The molecule has 1 aliphatic rings. The Labute approximate surface area is 203 Å². The summed E-state index contributed by atoms with van der Waals surface area (Å²) >= 11 is 0. The molecule has 35 heavy (non-hydrogen) atoms. The maximum atomic E-state index is 12.2. The van der Waals surface area contributed by atoms with E-state index in [4.69, 9.17) is 14.2 Å². The van der Waals surface area contributed by atoms with Gasteiger partial charge in [0.2, 0.25) is 5.79 Å². The quantitative estimate of drug-likeness (QED) is 0.367. The summed E-state index contributed by atoms with van der Waals surface area (Å²) < 4.78 is 54.5. The third kappa shape index (κ3) is 4.81. The van der Waals surface area contributed by atoms with Crippen molar-refractivity contribution in [3.05, 3.63) is 90.5 Å². The fraction of sp³-hybridized carbons (Fsp3) is 0.269. The third-order valence-corrected chi connectivity index (χ3v) is 7.06.